The molecule has 0 saturated heterocycles. The average Bonchev–Trinajstić information content (AvgIpc) is 2.22. The fourth-order valence-electron chi connectivity index (χ4n) is 0.577. The molecule has 0 radical (unpaired) electrons. The molecule has 0 unspecified atom stereocenters. The first-order valence-electron chi connectivity index (χ1n) is 4.75. The Morgan fingerprint density at radius 2 is 1.74 bits per heavy atom. The molecule has 0 heterocycles. The molecule has 0 atom stereocenters. The first-order chi connectivity index (χ1) is 8.22. The molecule has 0 aromatic heterocycles. The van der Waals surface area contributed by atoms with E-state index in [9.17, 15) is 22.6 Å². The van der Waals surface area contributed by atoms with Gasteiger partial charge >= 0.3 is 41.5 Å². The molecule has 0 spiro atoms. The van der Waals surface area contributed by atoms with Crippen LogP contribution in [0.3, 0.4) is 0 Å². The normalized spacial score (nSPS) is 9.11. The fourth-order valence-corrected chi connectivity index (χ4v) is 0.866. The van der Waals surface area contributed by atoms with E-state index in [0.29, 0.717) is 0 Å². The molecule has 0 aliphatic heterocycles. The van der Waals surface area contributed by atoms with E-state index in [0.717, 1.165) is 6.08 Å². The zero-order valence-electron chi connectivity index (χ0n) is 10.7. The van der Waals surface area contributed by atoms with Crippen LogP contribution in [-0.2, 0) is 24.4 Å². The van der Waals surface area contributed by atoms with Gasteiger partial charge in [-0.1, -0.05) is 18.7 Å². The van der Waals surface area contributed by atoms with Gasteiger partial charge in [0.15, 0.2) is 0 Å². The van der Waals surface area contributed by atoms with Crippen LogP contribution in [0.25, 0.3) is 0 Å². The number of rotatable bonds is 7. The zero-order chi connectivity index (χ0) is 14.6. The summed E-state index contributed by atoms with van der Waals surface area (Å²) >= 11 is 0. The van der Waals surface area contributed by atoms with Crippen LogP contribution in [-0.4, -0.2) is 42.4 Å². The number of carboxylic acid groups (broad SMARTS) is 1. The van der Waals surface area contributed by atoms with Crippen LogP contribution in [0.15, 0.2) is 25.3 Å². The third kappa shape index (κ3) is 26.8. The quantitative estimate of drug-likeness (QED) is 0.235. The largest absolute Gasteiger partial charge is 1.00 e. The van der Waals surface area contributed by atoms with Gasteiger partial charge in [-0.25, -0.2) is 8.42 Å². The van der Waals surface area contributed by atoms with Crippen LogP contribution >= 0.6 is 0 Å². The van der Waals surface area contributed by atoms with Gasteiger partial charge in [-0.2, -0.15) is 0 Å². The molecule has 19 heavy (non-hydrogen) atoms. The molecule has 7 nitrogen and oxygen atoms in total. The summed E-state index contributed by atoms with van der Waals surface area (Å²) in [6, 6.07) is 0. The van der Waals surface area contributed by atoms with Gasteiger partial charge in [-0.3, -0.25) is 9.59 Å². The van der Waals surface area contributed by atoms with Gasteiger partial charge in [0, 0.05) is 0 Å². The van der Waals surface area contributed by atoms with Gasteiger partial charge in [-0.05, 0) is 0 Å². The molecule has 0 aromatic carbocycles. The average molecular weight is 302 g/mol. The minimum Gasteiger partial charge on any atom is -0.748 e. The topological polar surface area (TPSA) is 121 Å². The number of hydrogen-bond acceptors (Lipinski definition) is 6. The fraction of sp³-hybridized carbons (Fsp3) is 0.400. The molecule has 104 valence electrons. The summed E-state index contributed by atoms with van der Waals surface area (Å²) < 4.78 is 33.3. The molecule has 1 N–H and O–H groups in total. The minimum atomic E-state index is -4.04. The predicted molar refractivity (Wildman–Crippen MR) is 62.8 cm³/mol. The van der Waals surface area contributed by atoms with Gasteiger partial charge in [-0.15, -0.1) is 6.58 Å². The number of hydrogen-bond donors (Lipinski definition) is 1. The maximum atomic E-state index is 10.6. The van der Waals surface area contributed by atoms with Crippen molar-refractivity contribution in [1.29, 1.82) is 0 Å². The summed E-state index contributed by atoms with van der Waals surface area (Å²) in [7, 11) is -4.04. The maximum Gasteiger partial charge on any atom is 1.00 e. The van der Waals surface area contributed by atoms with E-state index in [2.05, 4.69) is 17.9 Å². The molecule has 0 aliphatic rings. The van der Waals surface area contributed by atoms with Crippen LogP contribution in [0.4, 0.5) is 0 Å². The second kappa shape index (κ2) is 13.8. The molecule has 0 fully saturated rings. The number of esters is 1. The van der Waals surface area contributed by atoms with Crippen LogP contribution < -0.4 is 29.6 Å². The smallest absolute Gasteiger partial charge is 0.748 e. The predicted octanol–water partition coefficient (Wildman–Crippen LogP) is -2.70. The van der Waals surface area contributed by atoms with E-state index in [-0.39, 0.29) is 49.0 Å². The van der Waals surface area contributed by atoms with E-state index in [1.54, 1.807) is 0 Å². The van der Waals surface area contributed by atoms with E-state index < -0.39 is 27.8 Å². The number of carbonyl (C=O) groups is 2. The SMILES string of the molecule is C=CCOC(=O)CCC(=O)O.C=CCS(=O)(=O)[O-].[Na+]. The molecular formula is C10H15NaO7S. The van der Waals surface area contributed by atoms with Crippen LogP contribution in [0.5, 0.6) is 0 Å². The summed E-state index contributed by atoms with van der Waals surface area (Å²) in [4.78, 5) is 20.5. The minimum absolute atomic E-state index is 0. The summed E-state index contributed by atoms with van der Waals surface area (Å²) in [6.45, 7) is 6.54. The van der Waals surface area contributed by atoms with Gasteiger partial charge in [0.2, 0.25) is 0 Å². The molecule has 0 amide bonds. The van der Waals surface area contributed by atoms with Crippen LogP contribution in [0.1, 0.15) is 12.8 Å². The standard InChI is InChI=1S/C7H10O4.C3H6O3S.Na/c1-2-5-11-7(10)4-3-6(8)9;1-2-3-7(4,5)6;/h2H,1,3-5H2,(H,8,9);2H,1,3H2,(H,4,5,6);/q;;+1/p-1. The van der Waals surface area contributed by atoms with Crippen molar-refractivity contribution < 1.29 is 62.0 Å². The molecule has 0 rings (SSSR count). The van der Waals surface area contributed by atoms with E-state index in [1.165, 1.54) is 6.08 Å². The van der Waals surface area contributed by atoms with Gasteiger partial charge < -0.3 is 14.4 Å². The Bertz CT molecular complexity index is 389. The van der Waals surface area contributed by atoms with Crippen molar-refractivity contribution in [2.24, 2.45) is 0 Å². The zero-order valence-corrected chi connectivity index (χ0v) is 13.5. The Kier molecular flexibility index (Phi) is 17.0. The Morgan fingerprint density at radius 3 is 2.00 bits per heavy atom. The Morgan fingerprint density at radius 1 is 1.21 bits per heavy atom. The van der Waals surface area contributed by atoms with Crippen molar-refractivity contribution >= 4 is 22.1 Å². The summed E-state index contributed by atoms with van der Waals surface area (Å²) in [5.41, 5.74) is 0. The first-order valence-corrected chi connectivity index (χ1v) is 6.33. The summed E-state index contributed by atoms with van der Waals surface area (Å²) in [5.74, 6) is -1.99. The number of aliphatic carboxylic acids is 1. The number of carboxylic acids is 1. The van der Waals surface area contributed by atoms with E-state index >= 15 is 0 Å². The van der Waals surface area contributed by atoms with Crippen molar-refractivity contribution in [3.63, 3.8) is 0 Å². The molecule has 9 heteroatoms. The number of ether oxygens (including phenoxy) is 1. The Labute approximate surface area is 134 Å². The molecule has 0 aliphatic carbocycles. The Hall–Kier alpha value is -0.670. The monoisotopic (exact) mass is 302 g/mol. The second-order valence-electron chi connectivity index (χ2n) is 2.88. The van der Waals surface area contributed by atoms with Crippen molar-refractivity contribution in [2.45, 2.75) is 12.8 Å². The molecule has 0 saturated carbocycles. The van der Waals surface area contributed by atoms with Crippen molar-refractivity contribution in [2.75, 3.05) is 12.4 Å². The molecule has 0 bridgehead atoms. The van der Waals surface area contributed by atoms with Crippen molar-refractivity contribution in [1.82, 2.24) is 0 Å². The first kappa shape index (κ1) is 23.4. The van der Waals surface area contributed by atoms with E-state index in [1.807, 2.05) is 0 Å². The van der Waals surface area contributed by atoms with Gasteiger partial charge in [0.1, 0.15) is 6.61 Å². The second-order valence-corrected chi connectivity index (χ2v) is 4.33. The maximum absolute atomic E-state index is 10.6. The molecule has 0 aromatic rings. The van der Waals surface area contributed by atoms with Gasteiger partial charge in [0.05, 0.1) is 28.7 Å². The van der Waals surface area contributed by atoms with Crippen LogP contribution in [0, 0.1) is 0 Å². The van der Waals surface area contributed by atoms with Crippen molar-refractivity contribution in [3.05, 3.63) is 25.3 Å². The molecular weight excluding hydrogens is 287 g/mol. The number of carbonyl (C=O) groups excluding carboxylic acids is 1. The Balaban J connectivity index is -0.000000280. The van der Waals surface area contributed by atoms with Crippen molar-refractivity contribution in [3.8, 4) is 0 Å². The van der Waals surface area contributed by atoms with Crippen LogP contribution in [0.2, 0.25) is 0 Å². The summed E-state index contributed by atoms with van der Waals surface area (Å²) in [6.07, 6.45) is 2.22. The summed E-state index contributed by atoms with van der Waals surface area (Å²) in [5, 5.41) is 8.16. The third-order valence-corrected chi connectivity index (χ3v) is 1.87. The van der Waals surface area contributed by atoms with E-state index in [4.69, 9.17) is 5.11 Å². The third-order valence-electron chi connectivity index (χ3n) is 1.23. The van der Waals surface area contributed by atoms with Gasteiger partial charge in [0.25, 0.3) is 0 Å².